The van der Waals surface area contributed by atoms with Crippen LogP contribution in [0.4, 0.5) is 11.5 Å². The standard InChI is InChI=1S/C13H14ClN3O2S/c1-8-5-6-11(15)9(2)12(8)20(18,19)17-13-10(14)4-3-7-16-13/h3-7H,15H2,1-2H3,(H,16,17). The summed E-state index contributed by atoms with van der Waals surface area (Å²) in [6.07, 6.45) is 1.46. The van der Waals surface area contributed by atoms with E-state index < -0.39 is 10.0 Å². The van der Waals surface area contributed by atoms with Gasteiger partial charge in [0.15, 0.2) is 5.82 Å². The van der Waals surface area contributed by atoms with Crippen LogP contribution in [0, 0.1) is 13.8 Å². The lowest BCUT2D eigenvalue weighted by Gasteiger charge is -2.14. The molecule has 0 aliphatic rings. The minimum Gasteiger partial charge on any atom is -0.398 e. The number of nitrogens with one attached hydrogen (secondary N) is 1. The maximum Gasteiger partial charge on any atom is 0.263 e. The fourth-order valence-corrected chi connectivity index (χ4v) is 3.65. The zero-order chi connectivity index (χ0) is 14.9. The minimum absolute atomic E-state index is 0.0930. The maximum absolute atomic E-state index is 12.5. The summed E-state index contributed by atoms with van der Waals surface area (Å²) in [6, 6.07) is 6.52. The molecule has 2 rings (SSSR count). The zero-order valence-corrected chi connectivity index (χ0v) is 12.6. The van der Waals surface area contributed by atoms with Crippen molar-refractivity contribution in [3.05, 3.63) is 46.6 Å². The molecule has 3 N–H and O–H groups in total. The number of benzene rings is 1. The number of sulfonamides is 1. The third kappa shape index (κ3) is 2.71. The molecule has 0 spiro atoms. The molecule has 1 aromatic heterocycles. The first-order valence-corrected chi connectivity index (χ1v) is 7.68. The molecule has 2 aromatic rings. The van der Waals surface area contributed by atoms with E-state index in [1.165, 1.54) is 6.20 Å². The summed E-state index contributed by atoms with van der Waals surface area (Å²) in [7, 11) is -3.80. The van der Waals surface area contributed by atoms with E-state index in [0.717, 1.165) is 0 Å². The number of halogens is 1. The Morgan fingerprint density at radius 2 is 1.95 bits per heavy atom. The average molecular weight is 312 g/mol. The smallest absolute Gasteiger partial charge is 0.263 e. The first kappa shape index (κ1) is 14.6. The van der Waals surface area contributed by atoms with Crippen molar-refractivity contribution in [2.75, 3.05) is 10.5 Å². The largest absolute Gasteiger partial charge is 0.398 e. The summed E-state index contributed by atoms with van der Waals surface area (Å²) in [5.41, 5.74) is 7.31. The Morgan fingerprint density at radius 3 is 2.60 bits per heavy atom. The Kier molecular flexibility index (Phi) is 3.87. The van der Waals surface area contributed by atoms with Gasteiger partial charge in [0, 0.05) is 11.9 Å². The fourth-order valence-electron chi connectivity index (χ4n) is 1.89. The molecule has 0 aliphatic heterocycles. The number of aromatic nitrogens is 1. The molecule has 0 aliphatic carbocycles. The van der Waals surface area contributed by atoms with Crippen LogP contribution in [0.25, 0.3) is 0 Å². The number of hydrogen-bond donors (Lipinski definition) is 2. The monoisotopic (exact) mass is 311 g/mol. The molecule has 0 radical (unpaired) electrons. The van der Waals surface area contributed by atoms with E-state index >= 15 is 0 Å². The first-order valence-electron chi connectivity index (χ1n) is 5.82. The molecule has 1 aromatic carbocycles. The summed E-state index contributed by atoms with van der Waals surface area (Å²) in [6.45, 7) is 3.37. The fraction of sp³-hybridized carbons (Fsp3) is 0.154. The Balaban J connectivity index is 2.52. The van der Waals surface area contributed by atoms with Crippen molar-refractivity contribution in [1.29, 1.82) is 0 Å². The Labute approximate surface area is 122 Å². The maximum atomic E-state index is 12.5. The number of nitrogens with two attached hydrogens (primary N) is 1. The Bertz CT molecular complexity index is 760. The molecule has 0 saturated heterocycles. The van der Waals surface area contributed by atoms with Crippen LogP contribution in [0.5, 0.6) is 0 Å². The van der Waals surface area contributed by atoms with Gasteiger partial charge in [-0.25, -0.2) is 13.4 Å². The van der Waals surface area contributed by atoms with Gasteiger partial charge in [-0.2, -0.15) is 0 Å². The average Bonchev–Trinajstić information content (AvgIpc) is 2.37. The lowest BCUT2D eigenvalue weighted by molar-refractivity contribution is 0.600. The SMILES string of the molecule is Cc1ccc(N)c(C)c1S(=O)(=O)Nc1ncccc1Cl. The quantitative estimate of drug-likeness (QED) is 0.853. The second kappa shape index (κ2) is 5.30. The second-order valence-electron chi connectivity index (χ2n) is 4.37. The van der Waals surface area contributed by atoms with E-state index in [4.69, 9.17) is 17.3 Å². The van der Waals surface area contributed by atoms with Crippen LogP contribution in [-0.2, 0) is 10.0 Å². The number of rotatable bonds is 3. The van der Waals surface area contributed by atoms with E-state index in [1.807, 2.05) is 0 Å². The van der Waals surface area contributed by atoms with Crippen molar-refractivity contribution >= 4 is 33.1 Å². The zero-order valence-electron chi connectivity index (χ0n) is 11.0. The summed E-state index contributed by atoms with van der Waals surface area (Å²) < 4.78 is 27.4. The van der Waals surface area contributed by atoms with Crippen LogP contribution in [0.15, 0.2) is 35.4 Å². The third-order valence-electron chi connectivity index (χ3n) is 2.90. The van der Waals surface area contributed by atoms with E-state index in [1.54, 1.807) is 38.1 Å². The van der Waals surface area contributed by atoms with Gasteiger partial charge in [0.25, 0.3) is 10.0 Å². The molecular formula is C13H14ClN3O2S. The number of aryl methyl sites for hydroxylation is 1. The van der Waals surface area contributed by atoms with Gasteiger partial charge in [-0.1, -0.05) is 17.7 Å². The Hall–Kier alpha value is -1.79. The molecule has 7 heteroatoms. The molecule has 20 heavy (non-hydrogen) atoms. The van der Waals surface area contributed by atoms with Gasteiger partial charge < -0.3 is 5.73 Å². The van der Waals surface area contributed by atoms with E-state index in [0.29, 0.717) is 16.8 Å². The highest BCUT2D eigenvalue weighted by atomic mass is 35.5. The number of nitrogen functional groups attached to an aromatic ring is 1. The lowest BCUT2D eigenvalue weighted by atomic mass is 10.1. The highest BCUT2D eigenvalue weighted by molar-refractivity contribution is 7.92. The predicted molar refractivity (Wildman–Crippen MR) is 80.4 cm³/mol. The van der Waals surface area contributed by atoms with Gasteiger partial charge in [0.1, 0.15) is 0 Å². The molecule has 0 amide bonds. The first-order chi connectivity index (χ1) is 9.33. The van der Waals surface area contributed by atoms with Crippen LogP contribution < -0.4 is 10.5 Å². The van der Waals surface area contributed by atoms with Crippen LogP contribution >= 0.6 is 11.6 Å². The second-order valence-corrected chi connectivity index (χ2v) is 6.39. The number of pyridine rings is 1. The molecule has 0 unspecified atom stereocenters. The molecule has 5 nitrogen and oxygen atoms in total. The predicted octanol–water partition coefficient (Wildman–Crippen LogP) is 2.73. The van der Waals surface area contributed by atoms with Gasteiger partial charge in [0.2, 0.25) is 0 Å². The normalized spacial score (nSPS) is 11.3. The Morgan fingerprint density at radius 1 is 1.25 bits per heavy atom. The van der Waals surface area contributed by atoms with Crippen LogP contribution in [-0.4, -0.2) is 13.4 Å². The van der Waals surface area contributed by atoms with Gasteiger partial charge in [-0.15, -0.1) is 0 Å². The van der Waals surface area contributed by atoms with Crippen molar-refractivity contribution in [3.63, 3.8) is 0 Å². The minimum atomic E-state index is -3.80. The van der Waals surface area contributed by atoms with Gasteiger partial charge in [-0.3, -0.25) is 4.72 Å². The van der Waals surface area contributed by atoms with E-state index in [2.05, 4.69) is 9.71 Å². The van der Waals surface area contributed by atoms with Gasteiger partial charge in [-0.05, 0) is 43.2 Å². The number of anilines is 2. The summed E-state index contributed by atoms with van der Waals surface area (Å²) in [5, 5.41) is 0.232. The van der Waals surface area contributed by atoms with Crippen molar-refractivity contribution in [1.82, 2.24) is 4.98 Å². The molecule has 0 atom stereocenters. The highest BCUT2D eigenvalue weighted by Crippen LogP contribution is 2.28. The third-order valence-corrected chi connectivity index (χ3v) is 4.84. The van der Waals surface area contributed by atoms with Crippen molar-refractivity contribution in [3.8, 4) is 0 Å². The van der Waals surface area contributed by atoms with Gasteiger partial charge in [0.05, 0.1) is 9.92 Å². The van der Waals surface area contributed by atoms with Crippen molar-refractivity contribution < 1.29 is 8.42 Å². The van der Waals surface area contributed by atoms with Crippen molar-refractivity contribution in [2.45, 2.75) is 18.7 Å². The molecule has 0 fully saturated rings. The van der Waals surface area contributed by atoms with E-state index in [-0.39, 0.29) is 15.7 Å². The summed E-state index contributed by atoms with van der Waals surface area (Å²) in [4.78, 5) is 4.07. The topological polar surface area (TPSA) is 85.1 Å². The molecule has 1 heterocycles. The van der Waals surface area contributed by atoms with Crippen LogP contribution in [0.1, 0.15) is 11.1 Å². The van der Waals surface area contributed by atoms with Gasteiger partial charge >= 0.3 is 0 Å². The van der Waals surface area contributed by atoms with Crippen molar-refractivity contribution in [2.24, 2.45) is 0 Å². The molecule has 0 bridgehead atoms. The summed E-state index contributed by atoms with van der Waals surface area (Å²) >= 11 is 5.91. The number of hydrogen-bond acceptors (Lipinski definition) is 4. The number of nitrogens with zero attached hydrogens (tertiary/aromatic N) is 1. The van der Waals surface area contributed by atoms with Crippen LogP contribution in [0.2, 0.25) is 5.02 Å². The summed E-state index contributed by atoms with van der Waals surface area (Å²) in [5.74, 6) is 0.0930. The molecular weight excluding hydrogens is 298 g/mol. The van der Waals surface area contributed by atoms with E-state index in [9.17, 15) is 8.42 Å². The lowest BCUT2D eigenvalue weighted by Crippen LogP contribution is -2.17. The van der Waals surface area contributed by atoms with Crippen LogP contribution in [0.3, 0.4) is 0 Å². The highest BCUT2D eigenvalue weighted by Gasteiger charge is 2.22. The molecule has 0 saturated carbocycles. The molecule has 106 valence electrons.